The van der Waals surface area contributed by atoms with Crippen LogP contribution in [0.25, 0.3) is 0 Å². The van der Waals surface area contributed by atoms with E-state index >= 15 is 0 Å². The first-order valence-electron chi connectivity index (χ1n) is 4.40. The molecule has 0 saturated heterocycles. The lowest BCUT2D eigenvalue weighted by atomic mass is 10.2. The molecule has 0 unspecified atom stereocenters. The van der Waals surface area contributed by atoms with Crippen LogP contribution in [0.5, 0.6) is 0 Å². The summed E-state index contributed by atoms with van der Waals surface area (Å²) >= 11 is 1.44. The molecule has 0 amide bonds. The fraction of sp³-hybridized carbons (Fsp3) is 0.182. The highest BCUT2D eigenvalue weighted by molar-refractivity contribution is 7.99. The molecule has 1 aromatic rings. The molecule has 3 N–H and O–H groups in total. The van der Waals surface area contributed by atoms with Gasteiger partial charge < -0.3 is 10.8 Å². The Labute approximate surface area is 93.0 Å². The second-order valence-electron chi connectivity index (χ2n) is 3.22. The Morgan fingerprint density at radius 2 is 2.27 bits per heavy atom. The standard InChI is InChI=1S/C11H13NO2S/c1-7-3-4-9(12)5-10(7)15-6-8(2)11(13)14/h3-5H,2,6,12H2,1H3,(H,13,14). The number of anilines is 1. The van der Waals surface area contributed by atoms with Crippen molar-refractivity contribution in [3.8, 4) is 0 Å². The Hall–Kier alpha value is -1.42. The van der Waals surface area contributed by atoms with Crippen molar-refractivity contribution in [2.45, 2.75) is 11.8 Å². The van der Waals surface area contributed by atoms with E-state index in [-0.39, 0.29) is 5.57 Å². The predicted octanol–water partition coefficient (Wildman–Crippen LogP) is 2.31. The largest absolute Gasteiger partial charge is 0.478 e. The molecular weight excluding hydrogens is 210 g/mol. The fourth-order valence-electron chi connectivity index (χ4n) is 0.999. The molecular formula is C11H13NO2S. The molecule has 0 fully saturated rings. The van der Waals surface area contributed by atoms with Crippen molar-refractivity contribution in [1.29, 1.82) is 0 Å². The number of nitrogens with two attached hydrogens (primary N) is 1. The van der Waals surface area contributed by atoms with E-state index in [1.807, 2.05) is 25.1 Å². The monoisotopic (exact) mass is 223 g/mol. The number of rotatable bonds is 4. The van der Waals surface area contributed by atoms with Crippen molar-refractivity contribution in [1.82, 2.24) is 0 Å². The van der Waals surface area contributed by atoms with E-state index in [1.165, 1.54) is 11.8 Å². The van der Waals surface area contributed by atoms with Crippen LogP contribution >= 0.6 is 11.8 Å². The minimum Gasteiger partial charge on any atom is -0.478 e. The van der Waals surface area contributed by atoms with Gasteiger partial charge in [-0.3, -0.25) is 0 Å². The molecule has 0 radical (unpaired) electrons. The van der Waals surface area contributed by atoms with Gasteiger partial charge in [-0.1, -0.05) is 12.6 Å². The van der Waals surface area contributed by atoms with E-state index in [0.717, 1.165) is 10.5 Å². The second kappa shape index (κ2) is 4.89. The van der Waals surface area contributed by atoms with Crippen molar-refractivity contribution < 1.29 is 9.90 Å². The number of carboxylic acids is 1. The summed E-state index contributed by atoms with van der Waals surface area (Å²) in [7, 11) is 0. The molecule has 80 valence electrons. The first-order valence-corrected chi connectivity index (χ1v) is 5.39. The van der Waals surface area contributed by atoms with Crippen LogP contribution in [0.3, 0.4) is 0 Å². The molecule has 0 aliphatic rings. The van der Waals surface area contributed by atoms with Gasteiger partial charge >= 0.3 is 5.97 Å². The minimum absolute atomic E-state index is 0.196. The van der Waals surface area contributed by atoms with Crippen LogP contribution < -0.4 is 5.73 Å². The van der Waals surface area contributed by atoms with E-state index in [4.69, 9.17) is 10.8 Å². The molecule has 0 aromatic heterocycles. The van der Waals surface area contributed by atoms with Gasteiger partial charge in [0, 0.05) is 21.9 Å². The Morgan fingerprint density at radius 3 is 2.87 bits per heavy atom. The Morgan fingerprint density at radius 1 is 1.60 bits per heavy atom. The summed E-state index contributed by atoms with van der Waals surface area (Å²) in [5.41, 5.74) is 7.61. The molecule has 0 aliphatic carbocycles. The smallest absolute Gasteiger partial charge is 0.331 e. The lowest BCUT2D eigenvalue weighted by Gasteiger charge is -2.06. The molecule has 0 atom stereocenters. The van der Waals surface area contributed by atoms with Crippen molar-refractivity contribution >= 4 is 23.4 Å². The molecule has 0 spiro atoms. The molecule has 15 heavy (non-hydrogen) atoms. The van der Waals surface area contributed by atoms with Crippen LogP contribution in [0.4, 0.5) is 5.69 Å². The number of benzene rings is 1. The zero-order chi connectivity index (χ0) is 11.4. The molecule has 0 aliphatic heterocycles. The molecule has 4 heteroatoms. The van der Waals surface area contributed by atoms with Gasteiger partial charge in [-0.25, -0.2) is 4.79 Å². The zero-order valence-electron chi connectivity index (χ0n) is 8.49. The highest BCUT2D eigenvalue weighted by Gasteiger charge is 2.06. The van der Waals surface area contributed by atoms with Gasteiger partial charge in [0.15, 0.2) is 0 Å². The average Bonchev–Trinajstić information content (AvgIpc) is 2.18. The summed E-state index contributed by atoms with van der Waals surface area (Å²) in [6.45, 7) is 5.43. The molecule has 3 nitrogen and oxygen atoms in total. The van der Waals surface area contributed by atoms with Gasteiger partial charge in [0.1, 0.15) is 0 Å². The van der Waals surface area contributed by atoms with Crippen molar-refractivity contribution in [2.24, 2.45) is 0 Å². The Balaban J connectivity index is 2.69. The highest BCUT2D eigenvalue weighted by atomic mass is 32.2. The van der Waals surface area contributed by atoms with E-state index in [9.17, 15) is 4.79 Å². The Kier molecular flexibility index (Phi) is 3.80. The first kappa shape index (κ1) is 11.7. The maximum atomic E-state index is 10.5. The summed E-state index contributed by atoms with van der Waals surface area (Å²) in [5, 5.41) is 8.65. The van der Waals surface area contributed by atoms with Gasteiger partial charge in [0.25, 0.3) is 0 Å². The number of thioether (sulfide) groups is 1. The minimum atomic E-state index is -0.955. The predicted molar refractivity (Wildman–Crippen MR) is 63.1 cm³/mol. The number of carbonyl (C=O) groups is 1. The first-order chi connectivity index (χ1) is 7.00. The van der Waals surface area contributed by atoms with Crippen LogP contribution in [0.2, 0.25) is 0 Å². The lowest BCUT2D eigenvalue weighted by Crippen LogP contribution is -2.01. The molecule has 1 rings (SSSR count). The van der Waals surface area contributed by atoms with Gasteiger partial charge in [-0.2, -0.15) is 0 Å². The van der Waals surface area contributed by atoms with E-state index in [1.54, 1.807) is 0 Å². The number of aliphatic carboxylic acids is 1. The van der Waals surface area contributed by atoms with Crippen LogP contribution in [-0.2, 0) is 4.79 Å². The van der Waals surface area contributed by atoms with Crippen LogP contribution in [0.1, 0.15) is 5.56 Å². The maximum absolute atomic E-state index is 10.5. The SMILES string of the molecule is C=C(CSc1cc(N)ccc1C)C(=O)O. The number of nitrogen functional groups attached to an aromatic ring is 1. The van der Waals surface area contributed by atoms with Crippen molar-refractivity contribution in [3.05, 3.63) is 35.9 Å². The average molecular weight is 223 g/mol. The number of aryl methyl sites for hydroxylation is 1. The van der Waals surface area contributed by atoms with E-state index < -0.39 is 5.97 Å². The van der Waals surface area contributed by atoms with Gasteiger partial charge in [0.2, 0.25) is 0 Å². The summed E-state index contributed by atoms with van der Waals surface area (Å²) in [4.78, 5) is 11.5. The third-order valence-electron chi connectivity index (χ3n) is 1.92. The van der Waals surface area contributed by atoms with Crippen LogP contribution in [0, 0.1) is 6.92 Å². The number of carboxylic acid groups (broad SMARTS) is 1. The van der Waals surface area contributed by atoms with E-state index in [2.05, 4.69) is 6.58 Å². The fourth-order valence-corrected chi connectivity index (χ4v) is 1.97. The quantitative estimate of drug-likeness (QED) is 0.467. The molecule has 0 saturated carbocycles. The lowest BCUT2D eigenvalue weighted by molar-refractivity contribution is -0.132. The van der Waals surface area contributed by atoms with Crippen molar-refractivity contribution in [2.75, 3.05) is 11.5 Å². The number of hydrogen-bond donors (Lipinski definition) is 2. The molecule has 1 aromatic carbocycles. The summed E-state index contributed by atoms with van der Waals surface area (Å²) in [5.74, 6) is -0.580. The van der Waals surface area contributed by atoms with Crippen LogP contribution in [-0.4, -0.2) is 16.8 Å². The summed E-state index contributed by atoms with van der Waals surface area (Å²) in [6, 6.07) is 5.59. The summed E-state index contributed by atoms with van der Waals surface area (Å²) in [6.07, 6.45) is 0. The normalized spacial score (nSPS) is 9.93. The molecule has 0 bridgehead atoms. The van der Waals surface area contributed by atoms with Gasteiger partial charge in [0.05, 0.1) is 0 Å². The summed E-state index contributed by atoms with van der Waals surface area (Å²) < 4.78 is 0. The van der Waals surface area contributed by atoms with Crippen LogP contribution in [0.15, 0.2) is 35.2 Å². The second-order valence-corrected chi connectivity index (χ2v) is 4.24. The van der Waals surface area contributed by atoms with Crippen molar-refractivity contribution in [3.63, 3.8) is 0 Å². The number of hydrogen-bond acceptors (Lipinski definition) is 3. The maximum Gasteiger partial charge on any atom is 0.331 e. The molecule has 0 heterocycles. The Bertz CT molecular complexity index is 402. The zero-order valence-corrected chi connectivity index (χ0v) is 9.30. The van der Waals surface area contributed by atoms with Gasteiger partial charge in [-0.15, -0.1) is 11.8 Å². The third kappa shape index (κ3) is 3.32. The topological polar surface area (TPSA) is 63.3 Å². The van der Waals surface area contributed by atoms with Gasteiger partial charge in [-0.05, 0) is 24.6 Å². The van der Waals surface area contributed by atoms with E-state index in [0.29, 0.717) is 11.4 Å². The highest BCUT2D eigenvalue weighted by Crippen LogP contribution is 2.25. The third-order valence-corrected chi connectivity index (χ3v) is 3.16.